The Balaban J connectivity index is 3.08. The monoisotopic (exact) mass is 925 g/mol. The van der Waals surface area contributed by atoms with Gasteiger partial charge in [-0.05, 0) is 0 Å². The molecule has 0 saturated heterocycles. The predicted molar refractivity (Wildman–Crippen MR) is 260 cm³/mol. The summed E-state index contributed by atoms with van der Waals surface area (Å²) in [4.78, 5) is 0. The molecule has 10 nitrogen and oxygen atoms in total. The summed E-state index contributed by atoms with van der Waals surface area (Å²) in [6.07, 6.45) is 18.5. The summed E-state index contributed by atoms with van der Waals surface area (Å²) < 4.78 is 86.6. The molecule has 0 aliphatic rings. The second kappa shape index (κ2) is 25.8. The average molecular weight is 925 g/mol. The van der Waals surface area contributed by atoms with Crippen LogP contribution in [-0.4, -0.2) is 103 Å². The minimum absolute atomic E-state index is 0.0648. The van der Waals surface area contributed by atoms with Crippen molar-refractivity contribution < 1.29 is 44.9 Å². The van der Waals surface area contributed by atoms with Crippen molar-refractivity contribution >= 4 is 41.9 Å². The number of aliphatic hydroxyl groups is 2. The van der Waals surface area contributed by atoms with E-state index in [1.54, 1.807) is 24.3 Å². The summed E-state index contributed by atoms with van der Waals surface area (Å²) in [5, 5.41) is 20.6. The third-order valence-electron chi connectivity index (χ3n) is 12.9. The van der Waals surface area contributed by atoms with E-state index in [-0.39, 0.29) is 49.4 Å². The van der Waals surface area contributed by atoms with E-state index in [1.807, 2.05) is 0 Å². The maximum atomic E-state index is 15.4. The van der Waals surface area contributed by atoms with Gasteiger partial charge >= 0.3 is 368 Å². The molecule has 14 heteroatoms. The molecule has 0 heterocycles. The van der Waals surface area contributed by atoms with Gasteiger partial charge in [0.15, 0.2) is 0 Å². The van der Waals surface area contributed by atoms with Crippen molar-refractivity contribution in [3.8, 4) is 23.0 Å². The summed E-state index contributed by atoms with van der Waals surface area (Å²) in [5.41, 5.74) is 0. The van der Waals surface area contributed by atoms with Crippen LogP contribution >= 0.6 is 11.6 Å². The molecule has 2 N–H and O–H groups in total. The van der Waals surface area contributed by atoms with Gasteiger partial charge in [-0.25, -0.2) is 0 Å². The zero-order valence-electron chi connectivity index (χ0n) is 39.0. The van der Waals surface area contributed by atoms with E-state index >= 15 is 16.8 Å². The molecule has 0 atom stereocenters. The van der Waals surface area contributed by atoms with E-state index in [9.17, 15) is 10.2 Å². The molecule has 2 rings (SSSR count). The van der Waals surface area contributed by atoms with Crippen LogP contribution in [0.3, 0.4) is 0 Å². The van der Waals surface area contributed by atoms with Crippen LogP contribution in [0.25, 0.3) is 10.8 Å². The second-order valence-corrected chi connectivity index (χ2v) is 39.4. The molecular formula is C46H86O10P2S2. The Labute approximate surface area is 366 Å². The van der Waals surface area contributed by atoms with Crippen molar-refractivity contribution in [3.63, 3.8) is 0 Å². The number of ether oxygens (including phenoxy) is 2. The Bertz CT molecular complexity index is 1570. The SMILES string of the molecule is CCCCP(CCCC)(CCCC)(CCCC)S(=O)(=O)Oc1cc(OCCO)c2c(OCCO)cc(OS(=O)(=O)P(CCCC)(CCCC)(CCCC)CCCC)cc2c1. The van der Waals surface area contributed by atoms with Gasteiger partial charge in [0.05, 0.1) is 0 Å². The van der Waals surface area contributed by atoms with Gasteiger partial charge in [-0.15, -0.1) is 0 Å². The minimum atomic E-state index is -4.18. The van der Waals surface area contributed by atoms with Gasteiger partial charge < -0.3 is 0 Å². The van der Waals surface area contributed by atoms with Crippen molar-refractivity contribution in [2.75, 3.05) is 75.7 Å². The van der Waals surface area contributed by atoms with Gasteiger partial charge in [0.2, 0.25) is 0 Å². The van der Waals surface area contributed by atoms with Crippen molar-refractivity contribution in [1.82, 2.24) is 0 Å². The van der Waals surface area contributed by atoms with Gasteiger partial charge in [0.1, 0.15) is 0 Å². The van der Waals surface area contributed by atoms with Crippen LogP contribution in [0, 0.1) is 0 Å². The Morgan fingerprint density at radius 3 is 0.900 bits per heavy atom. The molecular weight excluding hydrogens is 839 g/mol. The normalized spacial score (nSPS) is 14.0. The zero-order valence-corrected chi connectivity index (χ0v) is 42.4. The molecule has 0 aromatic heterocycles. The number of unbranched alkanes of at least 4 members (excludes halogenated alkanes) is 8. The molecule has 0 spiro atoms. The van der Waals surface area contributed by atoms with Crippen LogP contribution in [0.1, 0.15) is 158 Å². The first kappa shape index (κ1) is 54.7. The number of fused-ring (bicyclic) bond motifs is 1. The van der Waals surface area contributed by atoms with Crippen molar-refractivity contribution in [2.24, 2.45) is 0 Å². The van der Waals surface area contributed by atoms with Crippen molar-refractivity contribution in [1.29, 1.82) is 0 Å². The summed E-state index contributed by atoms with van der Waals surface area (Å²) in [7, 11) is -8.36. The van der Waals surface area contributed by atoms with E-state index in [2.05, 4.69) is 55.4 Å². The Morgan fingerprint density at radius 1 is 0.433 bits per heavy atom. The molecule has 60 heavy (non-hydrogen) atoms. The van der Waals surface area contributed by atoms with Crippen LogP contribution in [0.15, 0.2) is 24.3 Å². The molecule has 352 valence electrons. The molecule has 0 bridgehead atoms. The third kappa shape index (κ3) is 12.9. The molecule has 0 unspecified atom stereocenters. The first-order valence-corrected chi connectivity index (χ1v) is 33.6. The fraction of sp³-hybridized carbons (Fsp3) is 0.783. The molecule has 0 amide bonds. The average Bonchev–Trinajstić information content (AvgIpc) is 3.23. The third-order valence-corrected chi connectivity index (χ3v) is 40.2. The number of rotatable bonds is 36. The zero-order chi connectivity index (χ0) is 44.8. The summed E-state index contributed by atoms with van der Waals surface area (Å²) >= 11 is 0. The van der Waals surface area contributed by atoms with Gasteiger partial charge in [-0.2, -0.15) is 0 Å². The van der Waals surface area contributed by atoms with E-state index in [0.29, 0.717) is 60.1 Å². The standard InChI is InChI=1S/C46H86O10P2S2/c1-9-17-29-57(30-18-10-2,31-19-11-3,32-20-12-4)59(49,50)55-42-37-41-38-43(40-45(54-28-26-48)46(41)44(39-42)53-27-25-47)56-60(51,52)58(33-21-13-5,34-22-14-6,35-23-15-7)36-24-16-8/h37-40,47-48H,9-36H2,1-8H3. The topological polar surface area (TPSA) is 146 Å². The van der Waals surface area contributed by atoms with E-state index < -0.39 is 31.1 Å². The Kier molecular flexibility index (Phi) is 23.5. The van der Waals surface area contributed by atoms with E-state index in [4.69, 9.17) is 17.8 Å². The Hall–Kier alpha value is -1.42. The number of benzene rings is 2. The first-order chi connectivity index (χ1) is 28.7. The van der Waals surface area contributed by atoms with Gasteiger partial charge in [0.25, 0.3) is 0 Å². The van der Waals surface area contributed by atoms with Crippen LogP contribution in [-0.2, 0) is 19.5 Å². The molecule has 0 aliphatic carbocycles. The van der Waals surface area contributed by atoms with Crippen LogP contribution in [0.2, 0.25) is 0 Å². The summed E-state index contributed by atoms with van der Waals surface area (Å²) in [6.45, 7) is 16.1. The predicted octanol–water partition coefficient (Wildman–Crippen LogP) is 12.3. The van der Waals surface area contributed by atoms with Gasteiger partial charge in [0, 0.05) is 0 Å². The van der Waals surface area contributed by atoms with Crippen LogP contribution < -0.4 is 17.8 Å². The molecule has 0 radical (unpaired) electrons. The van der Waals surface area contributed by atoms with E-state index in [1.165, 1.54) is 0 Å². The molecule has 0 saturated carbocycles. The number of hydrogen-bond donors (Lipinski definition) is 2. The van der Waals surface area contributed by atoms with E-state index in [0.717, 1.165) is 103 Å². The van der Waals surface area contributed by atoms with Gasteiger partial charge in [-0.3, -0.25) is 0 Å². The summed E-state index contributed by atoms with van der Waals surface area (Å²) in [6, 6.07) is 6.33. The first-order valence-electron chi connectivity index (χ1n) is 23.6. The molecule has 0 aliphatic heterocycles. The van der Waals surface area contributed by atoms with Crippen molar-refractivity contribution in [3.05, 3.63) is 24.3 Å². The molecule has 2 aromatic rings. The Morgan fingerprint density at radius 2 is 0.683 bits per heavy atom. The fourth-order valence-electron chi connectivity index (χ4n) is 9.17. The maximum absolute atomic E-state index is 15.4. The van der Waals surface area contributed by atoms with Gasteiger partial charge in [-0.1, -0.05) is 0 Å². The second-order valence-electron chi connectivity index (χ2n) is 17.4. The molecule has 2 aromatic carbocycles. The number of aliphatic hydroxyl groups excluding tert-OH is 2. The molecule has 0 fully saturated rings. The van der Waals surface area contributed by atoms with Crippen LogP contribution in [0.5, 0.6) is 23.0 Å². The number of hydrogen-bond acceptors (Lipinski definition) is 10. The quantitative estimate of drug-likeness (QED) is 0.0633. The van der Waals surface area contributed by atoms with Crippen LogP contribution in [0.4, 0.5) is 0 Å². The van der Waals surface area contributed by atoms with Crippen molar-refractivity contribution in [2.45, 2.75) is 158 Å². The summed E-state index contributed by atoms with van der Waals surface area (Å²) in [5.74, 6) is -6.63. The fourth-order valence-corrected chi connectivity index (χ4v) is 33.9.